The van der Waals surface area contributed by atoms with E-state index in [1.54, 1.807) is 14.0 Å². The largest absolute Gasteiger partial charge is 0.496 e. The Labute approximate surface area is 148 Å². The van der Waals surface area contributed by atoms with Crippen LogP contribution in [0.3, 0.4) is 0 Å². The highest BCUT2D eigenvalue weighted by atomic mass is 79.9. The standard InChI is InChI=1S/C15H13Br3O3/c1-8(19)9-3-4-13(10(16)5-9)21-15-7-11(17)14(20-2)6-12(15)18/h3-8,19H,1-2H3. The zero-order valence-corrected chi connectivity index (χ0v) is 16.1. The highest BCUT2D eigenvalue weighted by molar-refractivity contribution is 9.11. The Morgan fingerprint density at radius 1 is 0.905 bits per heavy atom. The molecular formula is C15H13Br3O3. The number of aliphatic hydroxyl groups is 1. The average molecular weight is 481 g/mol. The van der Waals surface area contributed by atoms with Crippen LogP contribution in [0.4, 0.5) is 0 Å². The van der Waals surface area contributed by atoms with Crippen LogP contribution in [-0.2, 0) is 0 Å². The van der Waals surface area contributed by atoms with E-state index in [0.717, 1.165) is 24.7 Å². The van der Waals surface area contributed by atoms with Crippen molar-refractivity contribution in [3.8, 4) is 17.2 Å². The molecule has 2 rings (SSSR count). The van der Waals surface area contributed by atoms with Crippen LogP contribution in [0.5, 0.6) is 17.2 Å². The van der Waals surface area contributed by atoms with E-state index in [9.17, 15) is 5.11 Å². The molecule has 0 aliphatic carbocycles. The van der Waals surface area contributed by atoms with E-state index >= 15 is 0 Å². The predicted molar refractivity (Wildman–Crippen MR) is 93.2 cm³/mol. The number of hydrogen-bond donors (Lipinski definition) is 1. The molecule has 21 heavy (non-hydrogen) atoms. The number of rotatable bonds is 4. The maximum absolute atomic E-state index is 9.58. The molecular weight excluding hydrogens is 468 g/mol. The fourth-order valence-corrected chi connectivity index (χ4v) is 3.09. The van der Waals surface area contributed by atoms with Crippen LogP contribution in [0.15, 0.2) is 43.7 Å². The number of methoxy groups -OCH3 is 1. The summed E-state index contributed by atoms with van der Waals surface area (Å²) in [7, 11) is 1.61. The van der Waals surface area contributed by atoms with Crippen molar-refractivity contribution >= 4 is 47.8 Å². The smallest absolute Gasteiger partial charge is 0.143 e. The lowest BCUT2D eigenvalue weighted by Gasteiger charge is -2.13. The Morgan fingerprint density at radius 3 is 2.05 bits per heavy atom. The summed E-state index contributed by atoms with van der Waals surface area (Å²) < 4.78 is 13.5. The van der Waals surface area contributed by atoms with E-state index in [2.05, 4.69) is 47.8 Å². The molecule has 0 aromatic heterocycles. The molecule has 0 saturated carbocycles. The van der Waals surface area contributed by atoms with E-state index in [1.807, 2.05) is 30.3 Å². The highest BCUT2D eigenvalue weighted by Crippen LogP contribution is 2.40. The zero-order valence-electron chi connectivity index (χ0n) is 11.4. The quantitative estimate of drug-likeness (QED) is 0.598. The number of aliphatic hydroxyl groups excluding tert-OH is 1. The Balaban J connectivity index is 2.32. The van der Waals surface area contributed by atoms with Gasteiger partial charge in [0.05, 0.1) is 26.6 Å². The van der Waals surface area contributed by atoms with Crippen molar-refractivity contribution in [2.24, 2.45) is 0 Å². The first-order chi connectivity index (χ1) is 9.92. The Hall–Kier alpha value is -0.560. The van der Waals surface area contributed by atoms with Gasteiger partial charge in [-0.25, -0.2) is 0 Å². The first-order valence-corrected chi connectivity index (χ1v) is 8.48. The topological polar surface area (TPSA) is 38.7 Å². The third-order valence-corrected chi connectivity index (χ3v) is 4.72. The van der Waals surface area contributed by atoms with Crippen LogP contribution < -0.4 is 9.47 Å². The van der Waals surface area contributed by atoms with Gasteiger partial charge in [-0.05, 0) is 84.5 Å². The number of hydrogen-bond acceptors (Lipinski definition) is 3. The second-order valence-corrected chi connectivity index (χ2v) is 6.95. The second kappa shape index (κ2) is 7.13. The lowest BCUT2D eigenvalue weighted by atomic mass is 10.1. The van der Waals surface area contributed by atoms with Crippen molar-refractivity contribution in [1.82, 2.24) is 0 Å². The molecule has 0 fully saturated rings. The second-order valence-electron chi connectivity index (χ2n) is 4.39. The van der Waals surface area contributed by atoms with E-state index in [1.165, 1.54) is 0 Å². The number of ether oxygens (including phenoxy) is 2. The van der Waals surface area contributed by atoms with Crippen LogP contribution >= 0.6 is 47.8 Å². The molecule has 0 bridgehead atoms. The van der Waals surface area contributed by atoms with Crippen molar-refractivity contribution in [2.75, 3.05) is 7.11 Å². The SMILES string of the molecule is COc1cc(Br)c(Oc2ccc(C(C)O)cc2Br)cc1Br. The number of benzene rings is 2. The molecule has 0 saturated heterocycles. The highest BCUT2D eigenvalue weighted by Gasteiger charge is 2.12. The van der Waals surface area contributed by atoms with Gasteiger partial charge in [-0.1, -0.05) is 6.07 Å². The lowest BCUT2D eigenvalue weighted by molar-refractivity contribution is 0.199. The third kappa shape index (κ3) is 4.00. The first kappa shape index (κ1) is 16.8. The molecule has 1 unspecified atom stereocenters. The number of halogens is 3. The molecule has 3 nitrogen and oxygen atoms in total. The molecule has 1 atom stereocenters. The van der Waals surface area contributed by atoms with Crippen molar-refractivity contribution in [1.29, 1.82) is 0 Å². The minimum absolute atomic E-state index is 0.516. The molecule has 2 aromatic carbocycles. The Morgan fingerprint density at radius 2 is 1.48 bits per heavy atom. The van der Waals surface area contributed by atoms with E-state index in [0.29, 0.717) is 11.5 Å². The van der Waals surface area contributed by atoms with E-state index in [-0.39, 0.29) is 0 Å². The molecule has 0 aliphatic rings. The zero-order chi connectivity index (χ0) is 15.6. The van der Waals surface area contributed by atoms with Crippen molar-refractivity contribution in [3.63, 3.8) is 0 Å². The van der Waals surface area contributed by atoms with E-state index in [4.69, 9.17) is 9.47 Å². The summed E-state index contributed by atoms with van der Waals surface area (Å²) in [6, 6.07) is 9.15. The Kier molecular flexibility index (Phi) is 5.71. The van der Waals surface area contributed by atoms with Gasteiger partial charge in [0.25, 0.3) is 0 Å². The van der Waals surface area contributed by atoms with Crippen LogP contribution in [0.1, 0.15) is 18.6 Å². The van der Waals surface area contributed by atoms with Crippen LogP contribution in [0.2, 0.25) is 0 Å². The summed E-state index contributed by atoms with van der Waals surface area (Å²) in [6.07, 6.45) is -0.516. The lowest BCUT2D eigenvalue weighted by Crippen LogP contribution is -1.93. The Bertz CT molecular complexity index is 657. The maximum atomic E-state index is 9.58. The van der Waals surface area contributed by atoms with Gasteiger partial charge in [-0.3, -0.25) is 0 Å². The molecule has 0 amide bonds. The van der Waals surface area contributed by atoms with Crippen molar-refractivity contribution in [2.45, 2.75) is 13.0 Å². The predicted octanol–water partition coefficient (Wildman–Crippen LogP) is 5.83. The molecule has 0 spiro atoms. The first-order valence-electron chi connectivity index (χ1n) is 6.10. The minimum atomic E-state index is -0.516. The molecule has 2 aromatic rings. The minimum Gasteiger partial charge on any atom is -0.496 e. The third-order valence-electron chi connectivity index (χ3n) is 2.86. The summed E-state index contributed by atoms with van der Waals surface area (Å²) in [5, 5.41) is 9.58. The van der Waals surface area contributed by atoms with Gasteiger partial charge in [0, 0.05) is 0 Å². The fourth-order valence-electron chi connectivity index (χ4n) is 1.72. The van der Waals surface area contributed by atoms with Crippen molar-refractivity contribution < 1.29 is 14.6 Å². The summed E-state index contributed by atoms with van der Waals surface area (Å²) in [6.45, 7) is 1.72. The van der Waals surface area contributed by atoms with Gasteiger partial charge in [0.1, 0.15) is 17.2 Å². The summed E-state index contributed by atoms with van der Waals surface area (Å²) in [4.78, 5) is 0. The summed E-state index contributed by atoms with van der Waals surface area (Å²) >= 11 is 10.4. The maximum Gasteiger partial charge on any atom is 0.143 e. The molecule has 1 N–H and O–H groups in total. The summed E-state index contributed by atoms with van der Waals surface area (Å²) in [5.74, 6) is 2.04. The van der Waals surface area contributed by atoms with Crippen LogP contribution in [0, 0.1) is 0 Å². The fraction of sp³-hybridized carbons (Fsp3) is 0.200. The summed E-state index contributed by atoms with van der Waals surface area (Å²) in [5.41, 5.74) is 0.823. The molecule has 0 heterocycles. The molecule has 0 aliphatic heterocycles. The van der Waals surface area contributed by atoms with E-state index < -0.39 is 6.10 Å². The normalized spacial score (nSPS) is 12.1. The van der Waals surface area contributed by atoms with Gasteiger partial charge in [0.15, 0.2) is 0 Å². The van der Waals surface area contributed by atoms with Gasteiger partial charge in [-0.15, -0.1) is 0 Å². The molecule has 112 valence electrons. The molecule has 0 radical (unpaired) electrons. The average Bonchev–Trinajstić information content (AvgIpc) is 2.44. The van der Waals surface area contributed by atoms with Crippen LogP contribution in [0.25, 0.3) is 0 Å². The monoisotopic (exact) mass is 478 g/mol. The van der Waals surface area contributed by atoms with Gasteiger partial charge >= 0.3 is 0 Å². The van der Waals surface area contributed by atoms with Gasteiger partial charge < -0.3 is 14.6 Å². The van der Waals surface area contributed by atoms with Crippen LogP contribution in [-0.4, -0.2) is 12.2 Å². The van der Waals surface area contributed by atoms with Gasteiger partial charge in [0.2, 0.25) is 0 Å². The van der Waals surface area contributed by atoms with Gasteiger partial charge in [-0.2, -0.15) is 0 Å². The van der Waals surface area contributed by atoms with Crippen molar-refractivity contribution in [3.05, 3.63) is 49.3 Å². The molecule has 6 heteroatoms.